The number of halogens is 1. The molecule has 1 saturated heterocycles. The van der Waals surface area contributed by atoms with E-state index >= 15 is 0 Å². The largest absolute Gasteiger partial charge is 0.370 e. The molecule has 0 spiro atoms. The third kappa shape index (κ3) is 1.92. The zero-order valence-electron chi connectivity index (χ0n) is 9.91. The van der Waals surface area contributed by atoms with Crippen molar-refractivity contribution in [3.63, 3.8) is 0 Å². The van der Waals surface area contributed by atoms with Crippen molar-refractivity contribution in [2.45, 2.75) is 20.4 Å². The maximum Gasteiger partial charge on any atom is 0.129 e. The van der Waals surface area contributed by atoms with Gasteiger partial charge in [-0.3, -0.25) is 0 Å². The molecule has 0 atom stereocenters. The second-order valence-electron chi connectivity index (χ2n) is 4.85. The molecular formula is C13H19FN2. The Bertz CT molecular complexity index is 370. The van der Waals surface area contributed by atoms with E-state index < -0.39 is 0 Å². The van der Waals surface area contributed by atoms with Crippen molar-refractivity contribution >= 4 is 5.69 Å². The van der Waals surface area contributed by atoms with Crippen LogP contribution in [-0.2, 0) is 6.54 Å². The van der Waals surface area contributed by atoms with Crippen molar-refractivity contribution in [2.75, 3.05) is 18.0 Å². The fraction of sp³-hybridized carbons (Fsp3) is 0.538. The number of rotatable bonds is 3. The number of nitrogens with zero attached hydrogens (tertiary/aromatic N) is 1. The van der Waals surface area contributed by atoms with Gasteiger partial charge in [0.15, 0.2) is 0 Å². The van der Waals surface area contributed by atoms with Gasteiger partial charge in [-0.1, -0.05) is 19.9 Å². The van der Waals surface area contributed by atoms with E-state index in [9.17, 15) is 4.39 Å². The van der Waals surface area contributed by atoms with Crippen LogP contribution in [0.5, 0.6) is 0 Å². The summed E-state index contributed by atoms with van der Waals surface area (Å²) in [6, 6.07) is 5.19. The van der Waals surface area contributed by atoms with Gasteiger partial charge in [0, 0.05) is 30.9 Å². The molecule has 1 aromatic carbocycles. The summed E-state index contributed by atoms with van der Waals surface area (Å²) < 4.78 is 13.5. The second kappa shape index (κ2) is 4.42. The minimum atomic E-state index is -0.187. The van der Waals surface area contributed by atoms with Gasteiger partial charge in [0.05, 0.1) is 0 Å². The van der Waals surface area contributed by atoms with E-state index in [1.54, 1.807) is 6.07 Å². The quantitative estimate of drug-likeness (QED) is 0.850. The molecule has 0 bridgehead atoms. The molecule has 0 saturated carbocycles. The predicted octanol–water partition coefficient (Wildman–Crippen LogP) is 2.38. The molecule has 1 aliphatic heterocycles. The van der Waals surface area contributed by atoms with E-state index in [1.807, 2.05) is 6.07 Å². The standard InChI is InChI=1S/C13H19FN2/c1-9(2)10-7-16(8-10)13-5-3-4-12(14)11(13)6-15/h3-5,9-10H,6-8,15H2,1-2H3. The molecule has 16 heavy (non-hydrogen) atoms. The van der Waals surface area contributed by atoms with Crippen LogP contribution < -0.4 is 10.6 Å². The lowest BCUT2D eigenvalue weighted by Gasteiger charge is -2.44. The van der Waals surface area contributed by atoms with Gasteiger partial charge in [-0.25, -0.2) is 4.39 Å². The Kier molecular flexibility index (Phi) is 3.15. The highest BCUT2D eigenvalue weighted by atomic mass is 19.1. The fourth-order valence-electron chi connectivity index (χ4n) is 2.18. The first-order chi connectivity index (χ1) is 7.63. The highest BCUT2D eigenvalue weighted by molar-refractivity contribution is 5.56. The molecule has 1 aliphatic rings. The van der Waals surface area contributed by atoms with E-state index in [1.165, 1.54) is 6.07 Å². The SMILES string of the molecule is CC(C)C1CN(c2cccc(F)c2CN)C1. The van der Waals surface area contributed by atoms with Gasteiger partial charge in [0.2, 0.25) is 0 Å². The predicted molar refractivity (Wildman–Crippen MR) is 64.8 cm³/mol. The van der Waals surface area contributed by atoms with Crippen LogP contribution in [0.15, 0.2) is 18.2 Å². The molecule has 2 rings (SSSR count). The van der Waals surface area contributed by atoms with Crippen molar-refractivity contribution < 1.29 is 4.39 Å². The zero-order chi connectivity index (χ0) is 11.7. The summed E-state index contributed by atoms with van der Waals surface area (Å²) in [7, 11) is 0. The third-order valence-corrected chi connectivity index (χ3v) is 3.49. The topological polar surface area (TPSA) is 29.3 Å². The van der Waals surface area contributed by atoms with Crippen LogP contribution in [0.1, 0.15) is 19.4 Å². The lowest BCUT2D eigenvalue weighted by Crippen LogP contribution is -2.49. The molecule has 0 aliphatic carbocycles. The van der Waals surface area contributed by atoms with Crippen LogP contribution in [0.4, 0.5) is 10.1 Å². The highest BCUT2D eigenvalue weighted by Gasteiger charge is 2.30. The Morgan fingerprint density at radius 1 is 1.44 bits per heavy atom. The Labute approximate surface area is 96.2 Å². The lowest BCUT2D eigenvalue weighted by molar-refractivity contribution is 0.309. The Balaban J connectivity index is 2.14. The molecule has 0 amide bonds. The third-order valence-electron chi connectivity index (χ3n) is 3.49. The molecule has 1 aromatic rings. The molecule has 1 fully saturated rings. The monoisotopic (exact) mass is 222 g/mol. The molecule has 88 valence electrons. The minimum absolute atomic E-state index is 0.187. The normalized spacial score (nSPS) is 16.7. The molecule has 0 radical (unpaired) electrons. The second-order valence-corrected chi connectivity index (χ2v) is 4.85. The van der Waals surface area contributed by atoms with Crippen LogP contribution in [0, 0.1) is 17.7 Å². The minimum Gasteiger partial charge on any atom is -0.370 e. The van der Waals surface area contributed by atoms with Gasteiger partial charge in [0.25, 0.3) is 0 Å². The van der Waals surface area contributed by atoms with Crippen LogP contribution in [0.2, 0.25) is 0 Å². The molecule has 0 aromatic heterocycles. The average Bonchev–Trinajstić information content (AvgIpc) is 2.15. The summed E-state index contributed by atoms with van der Waals surface area (Å²) >= 11 is 0. The van der Waals surface area contributed by atoms with Crippen LogP contribution in [0.25, 0.3) is 0 Å². The van der Waals surface area contributed by atoms with Crippen LogP contribution >= 0.6 is 0 Å². The van der Waals surface area contributed by atoms with Crippen molar-refractivity contribution in [3.05, 3.63) is 29.6 Å². The van der Waals surface area contributed by atoms with Gasteiger partial charge in [0.1, 0.15) is 5.82 Å². The van der Waals surface area contributed by atoms with E-state index in [2.05, 4.69) is 18.7 Å². The molecule has 1 heterocycles. The van der Waals surface area contributed by atoms with Gasteiger partial charge in [-0.15, -0.1) is 0 Å². The Morgan fingerprint density at radius 2 is 2.12 bits per heavy atom. The summed E-state index contributed by atoms with van der Waals surface area (Å²) in [5, 5.41) is 0. The van der Waals surface area contributed by atoms with Crippen LogP contribution in [-0.4, -0.2) is 13.1 Å². The molecule has 3 heteroatoms. The van der Waals surface area contributed by atoms with Crippen molar-refractivity contribution in [2.24, 2.45) is 17.6 Å². The van der Waals surface area contributed by atoms with E-state index in [4.69, 9.17) is 5.73 Å². The molecular weight excluding hydrogens is 203 g/mol. The number of hydrogen-bond acceptors (Lipinski definition) is 2. The van der Waals surface area contributed by atoms with E-state index in [0.29, 0.717) is 11.5 Å². The van der Waals surface area contributed by atoms with E-state index in [-0.39, 0.29) is 12.4 Å². The van der Waals surface area contributed by atoms with Crippen molar-refractivity contribution in [1.29, 1.82) is 0 Å². The van der Waals surface area contributed by atoms with Gasteiger partial charge in [-0.2, -0.15) is 0 Å². The first kappa shape index (κ1) is 11.4. The summed E-state index contributed by atoms with van der Waals surface area (Å²) in [4.78, 5) is 2.22. The van der Waals surface area contributed by atoms with Gasteiger partial charge in [-0.05, 0) is 24.0 Å². The number of nitrogens with two attached hydrogens (primary N) is 1. The number of hydrogen-bond donors (Lipinski definition) is 1. The first-order valence-corrected chi connectivity index (χ1v) is 5.86. The van der Waals surface area contributed by atoms with Gasteiger partial charge >= 0.3 is 0 Å². The maximum atomic E-state index is 13.5. The first-order valence-electron chi connectivity index (χ1n) is 5.86. The molecule has 0 unspecified atom stereocenters. The molecule has 2 N–H and O–H groups in total. The van der Waals surface area contributed by atoms with Crippen LogP contribution in [0.3, 0.4) is 0 Å². The van der Waals surface area contributed by atoms with Crippen molar-refractivity contribution in [3.8, 4) is 0 Å². The smallest absolute Gasteiger partial charge is 0.129 e. The Hall–Kier alpha value is -1.09. The molecule has 2 nitrogen and oxygen atoms in total. The lowest BCUT2D eigenvalue weighted by atomic mass is 9.87. The van der Waals surface area contributed by atoms with Crippen molar-refractivity contribution in [1.82, 2.24) is 0 Å². The summed E-state index contributed by atoms with van der Waals surface area (Å²) in [6.07, 6.45) is 0. The fourth-order valence-corrected chi connectivity index (χ4v) is 2.18. The summed E-state index contributed by atoms with van der Waals surface area (Å²) in [5.74, 6) is 1.24. The number of anilines is 1. The number of benzene rings is 1. The van der Waals surface area contributed by atoms with Gasteiger partial charge < -0.3 is 10.6 Å². The zero-order valence-corrected chi connectivity index (χ0v) is 9.91. The maximum absolute atomic E-state index is 13.5. The Morgan fingerprint density at radius 3 is 2.69 bits per heavy atom. The summed E-state index contributed by atoms with van der Waals surface area (Å²) in [5.41, 5.74) is 7.21. The highest BCUT2D eigenvalue weighted by Crippen LogP contribution is 2.32. The van der Waals surface area contributed by atoms with E-state index in [0.717, 1.165) is 24.7 Å². The average molecular weight is 222 g/mol. The summed E-state index contributed by atoms with van der Waals surface area (Å²) in [6.45, 7) is 6.78.